The number of hydrogen-bond acceptors (Lipinski definition) is 3. The van der Waals surface area contributed by atoms with Gasteiger partial charge in [0.2, 0.25) is 11.8 Å². The first-order valence-electron chi connectivity index (χ1n) is 9.78. The molecule has 0 saturated carbocycles. The molecular formula is C20H24F3N3O2. The molecule has 4 rings (SSSR count). The van der Waals surface area contributed by atoms with E-state index in [0.717, 1.165) is 31.4 Å². The molecule has 5 nitrogen and oxygen atoms in total. The Balaban J connectivity index is 1.39. The first-order chi connectivity index (χ1) is 13.3. The highest BCUT2D eigenvalue weighted by Crippen LogP contribution is 2.31. The third kappa shape index (κ3) is 4.01. The lowest BCUT2D eigenvalue weighted by atomic mass is 10.0. The van der Waals surface area contributed by atoms with Gasteiger partial charge in [-0.05, 0) is 37.0 Å². The lowest BCUT2D eigenvalue weighted by Crippen LogP contribution is -2.42. The van der Waals surface area contributed by atoms with Crippen molar-refractivity contribution >= 4 is 11.8 Å². The van der Waals surface area contributed by atoms with Crippen molar-refractivity contribution in [3.8, 4) is 0 Å². The molecule has 28 heavy (non-hydrogen) atoms. The number of carbonyl (C=O) groups is 2. The highest BCUT2D eigenvalue weighted by atomic mass is 19.4. The minimum atomic E-state index is -4.41. The van der Waals surface area contributed by atoms with Crippen LogP contribution in [-0.2, 0) is 22.3 Å². The number of rotatable bonds is 3. The van der Waals surface area contributed by atoms with E-state index in [2.05, 4.69) is 5.32 Å². The minimum Gasteiger partial charge on any atom is -0.341 e. The quantitative estimate of drug-likeness (QED) is 0.855. The van der Waals surface area contributed by atoms with Gasteiger partial charge in [0.15, 0.2) is 0 Å². The summed E-state index contributed by atoms with van der Waals surface area (Å²) in [7, 11) is 0. The van der Waals surface area contributed by atoms with Crippen molar-refractivity contribution in [2.24, 2.45) is 5.92 Å². The molecule has 0 aromatic heterocycles. The Bertz CT molecular complexity index is 767. The van der Waals surface area contributed by atoms with E-state index in [1.807, 2.05) is 4.90 Å². The molecule has 1 aromatic carbocycles. The van der Waals surface area contributed by atoms with Crippen molar-refractivity contribution in [3.63, 3.8) is 0 Å². The molecule has 1 aromatic rings. The topological polar surface area (TPSA) is 52.7 Å². The van der Waals surface area contributed by atoms with Crippen molar-refractivity contribution in [3.05, 3.63) is 35.4 Å². The number of carbonyl (C=O) groups excluding carboxylic acids is 2. The smallest absolute Gasteiger partial charge is 0.341 e. The van der Waals surface area contributed by atoms with Gasteiger partial charge in [0.1, 0.15) is 0 Å². The number of fused-ring (bicyclic) bond motifs is 2. The monoisotopic (exact) mass is 395 g/mol. The zero-order valence-corrected chi connectivity index (χ0v) is 15.5. The molecule has 3 aliphatic heterocycles. The summed E-state index contributed by atoms with van der Waals surface area (Å²) in [5.74, 6) is -0.589. The van der Waals surface area contributed by atoms with Crippen LogP contribution in [0.15, 0.2) is 24.3 Å². The second kappa shape index (κ2) is 7.39. The van der Waals surface area contributed by atoms with E-state index in [0.29, 0.717) is 30.7 Å². The summed E-state index contributed by atoms with van der Waals surface area (Å²) in [4.78, 5) is 28.7. The van der Waals surface area contributed by atoms with E-state index in [1.54, 1.807) is 6.07 Å². The summed E-state index contributed by atoms with van der Waals surface area (Å²) in [6.07, 6.45) is -1.13. The molecule has 2 bridgehead atoms. The van der Waals surface area contributed by atoms with Crippen LogP contribution in [0.4, 0.5) is 13.2 Å². The molecule has 8 heteroatoms. The predicted octanol–water partition coefficient (Wildman–Crippen LogP) is 2.41. The van der Waals surface area contributed by atoms with E-state index < -0.39 is 17.7 Å². The summed E-state index contributed by atoms with van der Waals surface area (Å²) in [5.41, 5.74) is -0.302. The molecule has 0 radical (unpaired) electrons. The van der Waals surface area contributed by atoms with Crippen LogP contribution in [0.5, 0.6) is 0 Å². The number of nitrogens with zero attached hydrogens (tertiary/aromatic N) is 2. The maximum absolute atomic E-state index is 12.9. The average Bonchev–Trinajstić information content (AvgIpc) is 3.16. The molecule has 3 fully saturated rings. The van der Waals surface area contributed by atoms with E-state index in [4.69, 9.17) is 0 Å². The van der Waals surface area contributed by atoms with Crippen molar-refractivity contribution in [1.82, 2.24) is 15.1 Å². The maximum Gasteiger partial charge on any atom is 0.416 e. The van der Waals surface area contributed by atoms with Crippen LogP contribution in [-0.4, -0.2) is 53.3 Å². The highest BCUT2D eigenvalue weighted by molar-refractivity contribution is 5.89. The lowest BCUT2D eigenvalue weighted by Gasteiger charge is -2.27. The number of amides is 2. The van der Waals surface area contributed by atoms with Gasteiger partial charge >= 0.3 is 6.18 Å². The highest BCUT2D eigenvalue weighted by Gasteiger charge is 2.39. The number of hydrogen-bond donors (Lipinski definition) is 1. The Morgan fingerprint density at radius 2 is 1.93 bits per heavy atom. The van der Waals surface area contributed by atoms with Crippen LogP contribution in [0.2, 0.25) is 0 Å². The molecule has 2 amide bonds. The van der Waals surface area contributed by atoms with Crippen LogP contribution < -0.4 is 5.32 Å². The fourth-order valence-corrected chi connectivity index (χ4v) is 4.56. The van der Waals surface area contributed by atoms with Crippen LogP contribution in [0.3, 0.4) is 0 Å². The minimum absolute atomic E-state index is 0.00533. The predicted molar refractivity (Wildman–Crippen MR) is 96.1 cm³/mol. The van der Waals surface area contributed by atoms with Gasteiger partial charge in [-0.1, -0.05) is 12.1 Å². The van der Waals surface area contributed by atoms with Crippen LogP contribution in [0.25, 0.3) is 0 Å². The Hall–Kier alpha value is -2.09. The standard InChI is InChI=1S/C20H24F3N3O2/c21-20(22,23)15-3-1-2-13(8-15)10-26-11-14(9-18(26)27)19(28)25-7-6-16-4-5-17(12-25)24-16/h1-3,8,14,16-17,24H,4-7,9-12H2. The normalized spacial score (nSPS) is 28.0. The molecule has 3 aliphatic rings. The van der Waals surface area contributed by atoms with E-state index in [1.165, 1.54) is 11.0 Å². The van der Waals surface area contributed by atoms with Crippen LogP contribution in [0, 0.1) is 5.92 Å². The Kier molecular flexibility index (Phi) is 5.07. The number of alkyl halides is 3. The molecule has 3 atom stereocenters. The Labute approximate surface area is 161 Å². The largest absolute Gasteiger partial charge is 0.416 e. The fraction of sp³-hybridized carbons (Fsp3) is 0.600. The van der Waals surface area contributed by atoms with Gasteiger partial charge in [0.05, 0.1) is 11.5 Å². The summed E-state index contributed by atoms with van der Waals surface area (Å²) < 4.78 is 38.7. The molecule has 3 unspecified atom stereocenters. The van der Waals surface area contributed by atoms with E-state index in [-0.39, 0.29) is 31.3 Å². The second-order valence-electron chi connectivity index (χ2n) is 8.08. The third-order valence-corrected chi connectivity index (χ3v) is 6.03. The summed E-state index contributed by atoms with van der Waals surface area (Å²) in [5, 5.41) is 3.53. The number of likely N-dealkylation sites (tertiary alicyclic amines) is 2. The SMILES string of the molecule is O=C1CC(C(=O)N2CCC3CCC(C2)N3)CN1Cc1cccc(C(F)(F)F)c1. The Morgan fingerprint density at radius 1 is 1.14 bits per heavy atom. The van der Waals surface area contributed by atoms with Crippen molar-refractivity contribution in [1.29, 1.82) is 0 Å². The van der Waals surface area contributed by atoms with Gasteiger partial charge in [-0.3, -0.25) is 9.59 Å². The fourth-order valence-electron chi connectivity index (χ4n) is 4.56. The second-order valence-corrected chi connectivity index (χ2v) is 8.08. The maximum atomic E-state index is 12.9. The van der Waals surface area contributed by atoms with E-state index in [9.17, 15) is 22.8 Å². The zero-order valence-electron chi connectivity index (χ0n) is 15.5. The van der Waals surface area contributed by atoms with Gasteiger partial charge in [-0.25, -0.2) is 0 Å². The number of halogens is 3. The van der Waals surface area contributed by atoms with Gasteiger partial charge in [0.25, 0.3) is 0 Å². The molecule has 0 spiro atoms. The summed E-state index contributed by atoms with van der Waals surface area (Å²) in [6, 6.07) is 5.82. The molecule has 0 aliphatic carbocycles. The molecule has 1 N–H and O–H groups in total. The van der Waals surface area contributed by atoms with Crippen LogP contribution in [0.1, 0.15) is 36.8 Å². The van der Waals surface area contributed by atoms with Crippen LogP contribution >= 0.6 is 0 Å². The first-order valence-corrected chi connectivity index (χ1v) is 9.78. The molecule has 3 saturated heterocycles. The summed E-state index contributed by atoms with van der Waals surface area (Å²) >= 11 is 0. The number of nitrogens with one attached hydrogen (secondary N) is 1. The van der Waals surface area contributed by atoms with Gasteiger partial charge < -0.3 is 15.1 Å². The zero-order chi connectivity index (χ0) is 19.9. The van der Waals surface area contributed by atoms with Gasteiger partial charge in [0, 0.05) is 44.7 Å². The van der Waals surface area contributed by atoms with Gasteiger partial charge in [-0.2, -0.15) is 13.2 Å². The first kappa shape index (κ1) is 19.2. The molecule has 152 valence electrons. The summed E-state index contributed by atoms with van der Waals surface area (Å²) in [6.45, 7) is 1.74. The number of benzene rings is 1. The van der Waals surface area contributed by atoms with Crippen molar-refractivity contribution in [2.45, 2.75) is 50.5 Å². The average molecular weight is 395 g/mol. The third-order valence-electron chi connectivity index (χ3n) is 6.03. The molecular weight excluding hydrogens is 371 g/mol. The molecule has 3 heterocycles. The Morgan fingerprint density at radius 3 is 2.71 bits per heavy atom. The van der Waals surface area contributed by atoms with Gasteiger partial charge in [-0.15, -0.1) is 0 Å². The van der Waals surface area contributed by atoms with Crippen molar-refractivity contribution < 1.29 is 22.8 Å². The lowest BCUT2D eigenvalue weighted by molar-refractivity contribution is -0.137. The van der Waals surface area contributed by atoms with E-state index >= 15 is 0 Å². The van der Waals surface area contributed by atoms with Crippen molar-refractivity contribution in [2.75, 3.05) is 19.6 Å².